The maximum atomic E-state index is 10.4. The van der Waals surface area contributed by atoms with Gasteiger partial charge in [-0.1, -0.05) is 42.5 Å². The average molecular weight is 607 g/mol. The van der Waals surface area contributed by atoms with Crippen molar-refractivity contribution < 1.29 is 79.5 Å². The van der Waals surface area contributed by atoms with Crippen LogP contribution in [0.5, 0.6) is 0 Å². The maximum Gasteiger partial charge on any atom is 0.311 e. The Labute approximate surface area is 240 Å². The van der Waals surface area contributed by atoms with Gasteiger partial charge in [0.1, 0.15) is 61.0 Å². The Bertz CT molecular complexity index is 1000. The van der Waals surface area contributed by atoms with Crippen molar-refractivity contribution in [2.24, 2.45) is 0 Å². The second-order valence-corrected chi connectivity index (χ2v) is 10.3. The van der Waals surface area contributed by atoms with Crippen LogP contribution in [0.25, 0.3) is 6.08 Å². The minimum absolute atomic E-state index is 0.00995. The predicted molar refractivity (Wildman–Crippen MR) is 136 cm³/mol. The SMILES string of the molecule is OC1[C@H](O)C(CO[C@H]2OC(CO[C@@]3(O)OC[C@@H](O)C(O)[C@@H]3O)[C@@H](O)C(O)[C@@H]2O)O[C@H](OC/C=C/c2ccccc2)[C@H]1O. The normalized spacial score (nSPS) is 44.9. The van der Waals surface area contributed by atoms with E-state index >= 15 is 0 Å². The number of rotatable bonds is 10. The number of benzene rings is 1. The highest BCUT2D eigenvalue weighted by molar-refractivity contribution is 5.48. The molecule has 4 rings (SSSR count). The monoisotopic (exact) mass is 606 g/mol. The summed E-state index contributed by atoms with van der Waals surface area (Å²) in [5.41, 5.74) is 0.906. The molecule has 5 unspecified atom stereocenters. The van der Waals surface area contributed by atoms with Crippen LogP contribution in [0.4, 0.5) is 0 Å². The van der Waals surface area contributed by atoms with E-state index in [4.69, 9.17) is 28.4 Å². The highest BCUT2D eigenvalue weighted by Gasteiger charge is 2.52. The maximum absolute atomic E-state index is 10.4. The molecule has 16 heteroatoms. The summed E-state index contributed by atoms with van der Waals surface area (Å²) in [6.45, 7) is -1.89. The van der Waals surface area contributed by atoms with E-state index < -0.39 is 106 Å². The van der Waals surface area contributed by atoms with E-state index in [0.717, 1.165) is 5.56 Å². The van der Waals surface area contributed by atoms with Gasteiger partial charge < -0.3 is 79.5 Å². The van der Waals surface area contributed by atoms with E-state index in [9.17, 15) is 51.1 Å². The fourth-order valence-electron chi connectivity index (χ4n) is 4.62. The number of aliphatic hydroxyl groups excluding tert-OH is 9. The highest BCUT2D eigenvalue weighted by Crippen LogP contribution is 2.29. The lowest BCUT2D eigenvalue weighted by Gasteiger charge is -2.44. The summed E-state index contributed by atoms with van der Waals surface area (Å²) in [7, 11) is 0. The zero-order valence-electron chi connectivity index (χ0n) is 22.3. The molecule has 42 heavy (non-hydrogen) atoms. The molecule has 0 amide bonds. The van der Waals surface area contributed by atoms with Gasteiger partial charge in [-0.25, -0.2) is 0 Å². The fraction of sp³-hybridized carbons (Fsp3) is 0.692. The standard InChI is InChI=1S/C26H38O16/c27-13-9-39-26(36,23(35)16(13)28)40-11-15-18(30)20(32)22(34)25(42-15)38-10-14-17(29)19(31)21(33)24(41-14)37-8-4-7-12-5-2-1-3-6-12/h1-7,13-25,27-36H,8-11H2/b7-4+/t13-,14?,15?,16?,17-,18-,19?,20?,21+,22+,23+,24+,25+,26+/m1/s1. The molecule has 14 atom stereocenters. The molecule has 0 radical (unpaired) electrons. The Morgan fingerprint density at radius 1 is 0.714 bits per heavy atom. The van der Waals surface area contributed by atoms with Crippen molar-refractivity contribution in [2.75, 3.05) is 26.4 Å². The molecule has 0 aromatic heterocycles. The topological polar surface area (TPSA) is 258 Å². The quantitative estimate of drug-likeness (QED) is 0.112. The summed E-state index contributed by atoms with van der Waals surface area (Å²) in [5.74, 6) is -2.79. The third kappa shape index (κ3) is 7.51. The first-order valence-electron chi connectivity index (χ1n) is 13.3. The van der Waals surface area contributed by atoms with Crippen LogP contribution in [0.1, 0.15) is 5.56 Å². The van der Waals surface area contributed by atoms with Crippen LogP contribution in [0.2, 0.25) is 0 Å². The molecule has 3 heterocycles. The van der Waals surface area contributed by atoms with E-state index in [0.29, 0.717) is 0 Å². The summed E-state index contributed by atoms with van der Waals surface area (Å²) in [5, 5.41) is 102. The van der Waals surface area contributed by atoms with Crippen LogP contribution in [-0.2, 0) is 28.4 Å². The molecule has 3 saturated heterocycles. The smallest absolute Gasteiger partial charge is 0.311 e. The molecular formula is C26H38O16. The molecule has 238 valence electrons. The molecule has 0 spiro atoms. The van der Waals surface area contributed by atoms with Crippen LogP contribution in [0.15, 0.2) is 36.4 Å². The van der Waals surface area contributed by atoms with Crippen LogP contribution < -0.4 is 0 Å². The van der Waals surface area contributed by atoms with E-state index in [-0.39, 0.29) is 6.61 Å². The van der Waals surface area contributed by atoms with Crippen molar-refractivity contribution in [2.45, 2.75) is 85.7 Å². The van der Waals surface area contributed by atoms with Gasteiger partial charge in [0.15, 0.2) is 18.7 Å². The number of ether oxygens (including phenoxy) is 6. The zero-order valence-corrected chi connectivity index (χ0v) is 22.3. The summed E-state index contributed by atoms with van der Waals surface area (Å²) in [6, 6.07) is 9.32. The third-order valence-electron chi connectivity index (χ3n) is 7.24. The van der Waals surface area contributed by atoms with Crippen LogP contribution in [-0.4, -0.2) is 163 Å². The first-order valence-corrected chi connectivity index (χ1v) is 13.3. The van der Waals surface area contributed by atoms with Crippen molar-refractivity contribution in [3.63, 3.8) is 0 Å². The third-order valence-corrected chi connectivity index (χ3v) is 7.24. The molecule has 3 aliphatic heterocycles. The summed E-state index contributed by atoms with van der Waals surface area (Å²) in [6.07, 6.45) is -18.1. The first kappa shape index (κ1) is 33.2. The molecule has 16 nitrogen and oxygen atoms in total. The van der Waals surface area contributed by atoms with Gasteiger partial charge in [0.25, 0.3) is 0 Å². The largest absolute Gasteiger partial charge is 0.388 e. The zero-order chi connectivity index (χ0) is 30.6. The van der Waals surface area contributed by atoms with E-state index in [1.54, 1.807) is 12.2 Å². The molecule has 1 aromatic rings. The van der Waals surface area contributed by atoms with Crippen LogP contribution in [0, 0.1) is 0 Å². The van der Waals surface area contributed by atoms with Crippen molar-refractivity contribution >= 4 is 6.08 Å². The molecular weight excluding hydrogens is 568 g/mol. The predicted octanol–water partition coefficient (Wildman–Crippen LogP) is -4.88. The van der Waals surface area contributed by atoms with Crippen molar-refractivity contribution in [3.8, 4) is 0 Å². The minimum atomic E-state index is -2.79. The van der Waals surface area contributed by atoms with Crippen molar-refractivity contribution in [1.29, 1.82) is 0 Å². The van der Waals surface area contributed by atoms with Gasteiger partial charge in [0, 0.05) is 0 Å². The Balaban J connectivity index is 1.32. The van der Waals surface area contributed by atoms with Crippen molar-refractivity contribution in [3.05, 3.63) is 42.0 Å². The lowest BCUT2D eigenvalue weighted by atomic mass is 9.98. The highest BCUT2D eigenvalue weighted by atomic mass is 16.8. The fourth-order valence-corrected chi connectivity index (χ4v) is 4.62. The number of hydrogen-bond donors (Lipinski definition) is 10. The minimum Gasteiger partial charge on any atom is -0.388 e. The first-order chi connectivity index (χ1) is 19.9. The van der Waals surface area contributed by atoms with Crippen molar-refractivity contribution in [1.82, 2.24) is 0 Å². The lowest BCUT2D eigenvalue weighted by Crippen LogP contribution is -2.64. The summed E-state index contributed by atoms with van der Waals surface area (Å²) < 4.78 is 32.0. The van der Waals surface area contributed by atoms with E-state index in [2.05, 4.69) is 0 Å². The molecule has 3 fully saturated rings. The Morgan fingerprint density at radius 3 is 1.90 bits per heavy atom. The second-order valence-electron chi connectivity index (χ2n) is 10.3. The molecule has 1 aromatic carbocycles. The van der Waals surface area contributed by atoms with Gasteiger partial charge in [-0.05, 0) is 5.56 Å². The van der Waals surface area contributed by atoms with Gasteiger partial charge >= 0.3 is 5.97 Å². The van der Waals surface area contributed by atoms with Gasteiger partial charge in [-0.2, -0.15) is 0 Å². The Morgan fingerprint density at radius 2 is 1.29 bits per heavy atom. The van der Waals surface area contributed by atoms with E-state index in [1.165, 1.54) is 0 Å². The molecule has 0 bridgehead atoms. The van der Waals surface area contributed by atoms with Crippen LogP contribution >= 0.6 is 0 Å². The molecule has 0 aliphatic carbocycles. The molecule has 10 N–H and O–H groups in total. The molecule has 0 saturated carbocycles. The van der Waals surface area contributed by atoms with E-state index in [1.807, 2.05) is 30.3 Å². The summed E-state index contributed by atoms with van der Waals surface area (Å²) >= 11 is 0. The van der Waals surface area contributed by atoms with Gasteiger partial charge in [0.2, 0.25) is 0 Å². The van der Waals surface area contributed by atoms with Gasteiger partial charge in [-0.15, -0.1) is 0 Å². The molecule has 3 aliphatic rings. The Hall–Kier alpha value is -1.68. The van der Waals surface area contributed by atoms with Gasteiger partial charge in [0.05, 0.1) is 26.4 Å². The number of hydrogen-bond acceptors (Lipinski definition) is 16. The second kappa shape index (κ2) is 14.4. The van der Waals surface area contributed by atoms with Gasteiger partial charge in [-0.3, -0.25) is 0 Å². The average Bonchev–Trinajstić information content (AvgIpc) is 2.99. The van der Waals surface area contributed by atoms with Crippen LogP contribution in [0.3, 0.4) is 0 Å². The Kier molecular flexibility index (Phi) is 11.4. The lowest BCUT2D eigenvalue weighted by molar-refractivity contribution is -0.438. The summed E-state index contributed by atoms with van der Waals surface area (Å²) in [4.78, 5) is 0. The number of aliphatic hydroxyl groups is 10.